The number of rotatable bonds is 6. The number of nitrogens with one attached hydrogen (secondary N) is 1. The standard InChI is InChI=1S/C28H19F2N3O3/c29-24-14-13-18(15-25(24)30)27-22-11-4-5-12-23(22)28(35)33(32-27)17-26(34)31-19-7-6-10-21(16-19)36-20-8-2-1-3-9-20/h1-16H,17H2,(H,31,34). The lowest BCUT2D eigenvalue weighted by Crippen LogP contribution is -2.30. The highest BCUT2D eigenvalue weighted by molar-refractivity contribution is 5.94. The Hall–Kier alpha value is -4.85. The molecule has 0 bridgehead atoms. The normalized spacial score (nSPS) is 10.8. The van der Waals surface area contributed by atoms with Crippen molar-refractivity contribution < 1.29 is 18.3 Å². The number of para-hydroxylation sites is 1. The minimum Gasteiger partial charge on any atom is -0.457 e. The number of fused-ring (bicyclic) bond motifs is 1. The minimum atomic E-state index is -1.04. The van der Waals surface area contributed by atoms with E-state index >= 15 is 0 Å². The molecular formula is C28H19F2N3O3. The molecule has 1 N–H and O–H groups in total. The quantitative estimate of drug-likeness (QED) is 0.333. The predicted octanol–water partition coefficient (Wildman–Crippen LogP) is 5.77. The zero-order valence-corrected chi connectivity index (χ0v) is 18.8. The van der Waals surface area contributed by atoms with E-state index < -0.39 is 23.1 Å². The summed E-state index contributed by atoms with van der Waals surface area (Å²) in [5.74, 6) is -1.34. The van der Waals surface area contributed by atoms with Crippen LogP contribution in [0.15, 0.2) is 102 Å². The van der Waals surface area contributed by atoms with E-state index in [9.17, 15) is 18.4 Å². The van der Waals surface area contributed by atoms with Crippen LogP contribution in [-0.4, -0.2) is 15.7 Å². The van der Waals surface area contributed by atoms with Crippen LogP contribution in [0.5, 0.6) is 11.5 Å². The fourth-order valence-electron chi connectivity index (χ4n) is 3.80. The largest absolute Gasteiger partial charge is 0.457 e. The van der Waals surface area contributed by atoms with Gasteiger partial charge in [0.25, 0.3) is 5.56 Å². The second-order valence-electron chi connectivity index (χ2n) is 7.98. The summed E-state index contributed by atoms with van der Waals surface area (Å²) in [7, 11) is 0. The lowest BCUT2D eigenvalue weighted by molar-refractivity contribution is -0.117. The monoisotopic (exact) mass is 483 g/mol. The number of hydrogen-bond donors (Lipinski definition) is 1. The number of carbonyl (C=O) groups excluding carboxylic acids is 1. The van der Waals surface area contributed by atoms with Crippen LogP contribution in [0, 0.1) is 11.6 Å². The number of nitrogens with zero attached hydrogens (tertiary/aromatic N) is 2. The Morgan fingerprint density at radius 2 is 1.53 bits per heavy atom. The predicted molar refractivity (Wildman–Crippen MR) is 133 cm³/mol. The van der Waals surface area contributed by atoms with Crippen LogP contribution in [0.2, 0.25) is 0 Å². The molecule has 0 atom stereocenters. The summed E-state index contributed by atoms with van der Waals surface area (Å²) >= 11 is 0. The number of anilines is 1. The summed E-state index contributed by atoms with van der Waals surface area (Å²) in [5.41, 5.74) is 0.538. The Labute approximate surface area is 204 Å². The van der Waals surface area contributed by atoms with E-state index in [1.165, 1.54) is 6.07 Å². The van der Waals surface area contributed by atoms with E-state index in [2.05, 4.69) is 10.4 Å². The van der Waals surface area contributed by atoms with Gasteiger partial charge >= 0.3 is 0 Å². The first-order valence-electron chi connectivity index (χ1n) is 11.1. The second kappa shape index (κ2) is 9.79. The number of aromatic nitrogens is 2. The van der Waals surface area contributed by atoms with E-state index in [1.54, 1.807) is 48.5 Å². The molecule has 0 radical (unpaired) electrons. The Balaban J connectivity index is 1.43. The average Bonchev–Trinajstić information content (AvgIpc) is 2.88. The van der Waals surface area contributed by atoms with Crippen LogP contribution in [0.1, 0.15) is 0 Å². The van der Waals surface area contributed by atoms with Gasteiger partial charge in [0.05, 0.1) is 11.1 Å². The Morgan fingerprint density at radius 1 is 0.806 bits per heavy atom. The van der Waals surface area contributed by atoms with Crippen LogP contribution in [-0.2, 0) is 11.3 Å². The van der Waals surface area contributed by atoms with Crippen molar-refractivity contribution in [2.45, 2.75) is 6.54 Å². The number of benzene rings is 4. The number of hydrogen-bond acceptors (Lipinski definition) is 4. The molecule has 0 spiro atoms. The van der Waals surface area contributed by atoms with Crippen molar-refractivity contribution >= 4 is 22.4 Å². The van der Waals surface area contributed by atoms with Crippen molar-refractivity contribution in [3.8, 4) is 22.8 Å². The van der Waals surface area contributed by atoms with Gasteiger partial charge in [0.15, 0.2) is 11.6 Å². The van der Waals surface area contributed by atoms with Crippen LogP contribution in [0.3, 0.4) is 0 Å². The third kappa shape index (κ3) is 4.83. The van der Waals surface area contributed by atoms with Gasteiger partial charge in [-0.25, -0.2) is 13.5 Å². The molecule has 0 aliphatic heterocycles. The van der Waals surface area contributed by atoms with Crippen molar-refractivity contribution in [1.82, 2.24) is 9.78 Å². The van der Waals surface area contributed by atoms with E-state index in [-0.39, 0.29) is 17.8 Å². The highest BCUT2D eigenvalue weighted by Gasteiger charge is 2.16. The summed E-state index contributed by atoms with van der Waals surface area (Å²) in [6.07, 6.45) is 0. The van der Waals surface area contributed by atoms with E-state index in [0.717, 1.165) is 16.8 Å². The molecule has 0 unspecified atom stereocenters. The summed E-state index contributed by atoms with van der Waals surface area (Å²) in [6.45, 7) is -0.385. The number of ether oxygens (including phenoxy) is 1. The fraction of sp³-hybridized carbons (Fsp3) is 0.0357. The molecule has 4 aromatic carbocycles. The highest BCUT2D eigenvalue weighted by Crippen LogP contribution is 2.26. The number of halogens is 2. The van der Waals surface area contributed by atoms with Gasteiger partial charge in [0.1, 0.15) is 18.0 Å². The van der Waals surface area contributed by atoms with Crippen molar-refractivity contribution in [3.63, 3.8) is 0 Å². The molecule has 5 aromatic rings. The molecule has 1 aromatic heterocycles. The van der Waals surface area contributed by atoms with Gasteiger partial charge in [-0.15, -0.1) is 0 Å². The SMILES string of the molecule is O=C(Cn1nc(-c2ccc(F)c(F)c2)c2ccccc2c1=O)Nc1cccc(Oc2ccccc2)c1. The topological polar surface area (TPSA) is 73.2 Å². The fourth-order valence-corrected chi connectivity index (χ4v) is 3.80. The highest BCUT2D eigenvalue weighted by atomic mass is 19.2. The van der Waals surface area contributed by atoms with Gasteiger partial charge in [-0.3, -0.25) is 9.59 Å². The zero-order chi connectivity index (χ0) is 25.1. The van der Waals surface area contributed by atoms with Crippen LogP contribution < -0.4 is 15.6 Å². The molecule has 36 heavy (non-hydrogen) atoms. The average molecular weight is 483 g/mol. The minimum absolute atomic E-state index is 0.259. The van der Waals surface area contributed by atoms with Crippen LogP contribution in [0.4, 0.5) is 14.5 Å². The van der Waals surface area contributed by atoms with Gasteiger partial charge in [0, 0.05) is 22.7 Å². The lowest BCUT2D eigenvalue weighted by Gasteiger charge is -2.12. The van der Waals surface area contributed by atoms with E-state index in [0.29, 0.717) is 28.0 Å². The van der Waals surface area contributed by atoms with Gasteiger partial charge in [-0.1, -0.05) is 42.5 Å². The molecule has 0 fully saturated rings. The van der Waals surface area contributed by atoms with Gasteiger partial charge in [-0.05, 0) is 48.5 Å². The van der Waals surface area contributed by atoms with Gasteiger partial charge in [0.2, 0.25) is 5.91 Å². The molecule has 6 nitrogen and oxygen atoms in total. The van der Waals surface area contributed by atoms with Gasteiger partial charge < -0.3 is 10.1 Å². The maximum atomic E-state index is 13.9. The molecular weight excluding hydrogens is 464 g/mol. The smallest absolute Gasteiger partial charge is 0.275 e. The summed E-state index contributed by atoms with van der Waals surface area (Å²) in [5, 5.41) is 7.84. The maximum Gasteiger partial charge on any atom is 0.275 e. The van der Waals surface area contributed by atoms with Crippen molar-refractivity contribution in [2.24, 2.45) is 0 Å². The second-order valence-corrected chi connectivity index (χ2v) is 7.98. The molecule has 8 heteroatoms. The van der Waals surface area contributed by atoms with Crippen molar-refractivity contribution in [2.75, 3.05) is 5.32 Å². The third-order valence-electron chi connectivity index (χ3n) is 5.45. The number of carbonyl (C=O) groups is 1. The molecule has 0 saturated heterocycles. The Morgan fingerprint density at radius 3 is 2.31 bits per heavy atom. The van der Waals surface area contributed by atoms with Crippen LogP contribution in [0.25, 0.3) is 22.0 Å². The molecule has 0 aliphatic carbocycles. The Bertz CT molecular complexity index is 1640. The Kier molecular flexibility index (Phi) is 6.23. The molecule has 1 heterocycles. The first kappa shape index (κ1) is 22.9. The van der Waals surface area contributed by atoms with E-state index in [4.69, 9.17) is 4.74 Å². The lowest BCUT2D eigenvalue weighted by atomic mass is 10.0. The van der Waals surface area contributed by atoms with Crippen LogP contribution >= 0.6 is 0 Å². The number of amides is 1. The maximum absolute atomic E-state index is 13.9. The summed E-state index contributed by atoms with van der Waals surface area (Å²) in [4.78, 5) is 25.9. The van der Waals surface area contributed by atoms with E-state index in [1.807, 2.05) is 30.3 Å². The van der Waals surface area contributed by atoms with Crippen molar-refractivity contribution in [1.29, 1.82) is 0 Å². The molecule has 1 amide bonds. The molecule has 0 aliphatic rings. The molecule has 0 saturated carbocycles. The van der Waals surface area contributed by atoms with Gasteiger partial charge in [-0.2, -0.15) is 5.10 Å². The van der Waals surface area contributed by atoms with Crippen molar-refractivity contribution in [3.05, 3.63) is 119 Å². The summed E-state index contributed by atoms with van der Waals surface area (Å²) < 4.78 is 34.2. The first-order chi connectivity index (χ1) is 17.5. The first-order valence-corrected chi connectivity index (χ1v) is 11.1. The summed E-state index contributed by atoms with van der Waals surface area (Å²) in [6, 6.07) is 26.1. The zero-order valence-electron chi connectivity index (χ0n) is 18.8. The molecule has 5 rings (SSSR count). The molecule has 178 valence electrons. The third-order valence-corrected chi connectivity index (χ3v) is 5.45.